The minimum atomic E-state index is -0.195. The molecule has 1 atom stereocenters. The second-order valence-electron chi connectivity index (χ2n) is 5.07. The third kappa shape index (κ3) is 3.49. The van der Waals surface area contributed by atoms with E-state index in [4.69, 9.17) is 11.6 Å². The Balaban J connectivity index is 2.12. The van der Waals surface area contributed by atoms with Crippen molar-refractivity contribution in [2.24, 2.45) is 11.8 Å². The Kier molecular flexibility index (Phi) is 4.62. The molecule has 1 heterocycles. The number of carbonyl (C=O) groups excluding carboxylic acids is 2. The van der Waals surface area contributed by atoms with Crippen LogP contribution in [0.5, 0.6) is 0 Å². The van der Waals surface area contributed by atoms with Gasteiger partial charge in [-0.25, -0.2) is 0 Å². The van der Waals surface area contributed by atoms with E-state index in [1.54, 1.807) is 18.2 Å². The number of hydrogen-bond donors (Lipinski definition) is 3. The van der Waals surface area contributed by atoms with Gasteiger partial charge in [0.25, 0.3) is 0 Å². The van der Waals surface area contributed by atoms with Gasteiger partial charge in [-0.1, -0.05) is 18.5 Å². The molecule has 1 aliphatic heterocycles. The van der Waals surface area contributed by atoms with Crippen LogP contribution in [0.15, 0.2) is 18.2 Å². The monoisotopic (exact) mass is 295 g/mol. The zero-order valence-electron chi connectivity index (χ0n) is 11.5. The second kappa shape index (κ2) is 6.24. The maximum atomic E-state index is 12.2. The zero-order valence-corrected chi connectivity index (χ0v) is 12.3. The summed E-state index contributed by atoms with van der Waals surface area (Å²) in [4.78, 5) is 23.4. The van der Waals surface area contributed by atoms with Gasteiger partial charge in [0.1, 0.15) is 0 Å². The maximum absolute atomic E-state index is 12.2. The smallest absolute Gasteiger partial charge is 0.227 e. The number of rotatable bonds is 4. The predicted molar refractivity (Wildman–Crippen MR) is 79.9 cm³/mol. The highest BCUT2D eigenvalue weighted by Crippen LogP contribution is 2.27. The van der Waals surface area contributed by atoms with Crippen LogP contribution in [-0.2, 0) is 9.59 Å². The molecule has 0 aromatic heterocycles. The number of benzene rings is 1. The Morgan fingerprint density at radius 2 is 2.00 bits per heavy atom. The highest BCUT2D eigenvalue weighted by molar-refractivity contribution is 6.31. The molecular formula is C14H18ClN3O2. The molecule has 2 amide bonds. The Morgan fingerprint density at radius 1 is 1.30 bits per heavy atom. The standard InChI is InChI=1S/C14H18ClN3O2/c1-8(10-6-16-7-10)14(20)18-13-5-11(15)3-4-12(13)17-9(2)19/h3-5,8,10,16H,6-7H2,1-2H3,(H,17,19)(H,18,20). The summed E-state index contributed by atoms with van der Waals surface area (Å²) in [7, 11) is 0. The molecule has 108 valence electrons. The summed E-state index contributed by atoms with van der Waals surface area (Å²) >= 11 is 5.94. The molecule has 2 rings (SSSR count). The van der Waals surface area contributed by atoms with Gasteiger partial charge in [-0.15, -0.1) is 0 Å². The van der Waals surface area contributed by atoms with Crippen LogP contribution in [-0.4, -0.2) is 24.9 Å². The van der Waals surface area contributed by atoms with Crippen molar-refractivity contribution in [3.63, 3.8) is 0 Å². The van der Waals surface area contributed by atoms with Gasteiger partial charge in [0.05, 0.1) is 11.4 Å². The van der Waals surface area contributed by atoms with E-state index in [1.165, 1.54) is 6.92 Å². The van der Waals surface area contributed by atoms with Crippen molar-refractivity contribution in [1.82, 2.24) is 5.32 Å². The van der Waals surface area contributed by atoms with Crippen molar-refractivity contribution < 1.29 is 9.59 Å². The summed E-state index contributed by atoms with van der Waals surface area (Å²) in [6, 6.07) is 4.98. The molecule has 1 aliphatic rings. The third-order valence-electron chi connectivity index (χ3n) is 3.48. The van der Waals surface area contributed by atoms with Crippen LogP contribution in [0.4, 0.5) is 11.4 Å². The lowest BCUT2D eigenvalue weighted by Gasteiger charge is -2.31. The summed E-state index contributed by atoms with van der Waals surface area (Å²) in [5, 5.41) is 9.17. The number of anilines is 2. The average molecular weight is 296 g/mol. The summed E-state index contributed by atoms with van der Waals surface area (Å²) < 4.78 is 0. The van der Waals surface area contributed by atoms with Gasteiger partial charge in [-0.2, -0.15) is 0 Å². The van der Waals surface area contributed by atoms with Crippen LogP contribution in [0.25, 0.3) is 0 Å². The highest BCUT2D eigenvalue weighted by Gasteiger charge is 2.29. The zero-order chi connectivity index (χ0) is 14.7. The van der Waals surface area contributed by atoms with Gasteiger partial charge in [-0.3, -0.25) is 9.59 Å². The third-order valence-corrected chi connectivity index (χ3v) is 3.72. The van der Waals surface area contributed by atoms with E-state index in [9.17, 15) is 9.59 Å². The van der Waals surface area contributed by atoms with Crippen LogP contribution < -0.4 is 16.0 Å². The molecule has 20 heavy (non-hydrogen) atoms. The van der Waals surface area contributed by atoms with Crippen LogP contribution in [0.2, 0.25) is 5.02 Å². The number of hydrogen-bond acceptors (Lipinski definition) is 3. The van der Waals surface area contributed by atoms with Crippen molar-refractivity contribution in [2.45, 2.75) is 13.8 Å². The van der Waals surface area contributed by atoms with Crippen LogP contribution in [0.3, 0.4) is 0 Å². The fourth-order valence-corrected chi connectivity index (χ4v) is 2.22. The molecule has 0 bridgehead atoms. The molecule has 0 spiro atoms. The molecule has 1 aromatic rings. The SMILES string of the molecule is CC(=O)Nc1ccc(Cl)cc1NC(=O)C(C)C1CNC1. The number of halogens is 1. The number of carbonyl (C=O) groups is 2. The van der Waals surface area contributed by atoms with Crippen LogP contribution >= 0.6 is 11.6 Å². The minimum absolute atomic E-state index is 0.0645. The molecule has 3 N–H and O–H groups in total. The molecule has 0 radical (unpaired) electrons. The average Bonchev–Trinajstić information content (AvgIpc) is 2.29. The Bertz CT molecular complexity index is 529. The van der Waals surface area contributed by atoms with E-state index in [0.717, 1.165) is 13.1 Å². The summed E-state index contributed by atoms with van der Waals surface area (Å²) in [6.07, 6.45) is 0. The van der Waals surface area contributed by atoms with Gasteiger partial charge in [0.15, 0.2) is 0 Å². The number of amides is 2. The molecule has 1 saturated heterocycles. The fourth-order valence-electron chi connectivity index (χ4n) is 2.04. The molecule has 1 aromatic carbocycles. The summed E-state index contributed by atoms with van der Waals surface area (Å²) in [5.74, 6) is 0.0169. The first-order chi connectivity index (χ1) is 9.47. The van der Waals surface area contributed by atoms with E-state index in [0.29, 0.717) is 22.3 Å². The Labute approximate surface area is 123 Å². The van der Waals surface area contributed by atoms with Gasteiger partial charge < -0.3 is 16.0 Å². The van der Waals surface area contributed by atoms with Gasteiger partial charge in [0.2, 0.25) is 11.8 Å². The predicted octanol–water partition coefficient (Wildman–Crippen LogP) is 2.09. The van der Waals surface area contributed by atoms with Crippen LogP contribution in [0, 0.1) is 11.8 Å². The molecule has 1 fully saturated rings. The van der Waals surface area contributed by atoms with Crippen molar-refractivity contribution in [3.8, 4) is 0 Å². The second-order valence-corrected chi connectivity index (χ2v) is 5.50. The lowest BCUT2D eigenvalue weighted by Crippen LogP contribution is -2.48. The molecule has 5 nitrogen and oxygen atoms in total. The minimum Gasteiger partial charge on any atom is -0.325 e. The van der Waals surface area contributed by atoms with E-state index in [2.05, 4.69) is 16.0 Å². The normalized spacial score (nSPS) is 16.1. The van der Waals surface area contributed by atoms with E-state index in [1.807, 2.05) is 6.92 Å². The van der Waals surface area contributed by atoms with Gasteiger partial charge in [-0.05, 0) is 37.2 Å². The molecule has 1 unspecified atom stereocenters. The topological polar surface area (TPSA) is 70.2 Å². The summed E-state index contributed by atoms with van der Waals surface area (Å²) in [6.45, 7) is 5.05. The largest absolute Gasteiger partial charge is 0.325 e. The lowest BCUT2D eigenvalue weighted by molar-refractivity contribution is -0.121. The van der Waals surface area contributed by atoms with Crippen molar-refractivity contribution in [2.75, 3.05) is 23.7 Å². The first kappa shape index (κ1) is 14.8. The van der Waals surface area contributed by atoms with E-state index >= 15 is 0 Å². The molecule has 0 saturated carbocycles. The van der Waals surface area contributed by atoms with Crippen molar-refractivity contribution >= 4 is 34.8 Å². The highest BCUT2D eigenvalue weighted by atomic mass is 35.5. The van der Waals surface area contributed by atoms with Gasteiger partial charge >= 0.3 is 0 Å². The maximum Gasteiger partial charge on any atom is 0.227 e. The first-order valence-electron chi connectivity index (χ1n) is 6.56. The first-order valence-corrected chi connectivity index (χ1v) is 6.94. The molecule has 0 aliphatic carbocycles. The molecule has 6 heteroatoms. The molecular weight excluding hydrogens is 278 g/mol. The van der Waals surface area contributed by atoms with E-state index < -0.39 is 0 Å². The van der Waals surface area contributed by atoms with E-state index in [-0.39, 0.29) is 17.7 Å². The lowest BCUT2D eigenvalue weighted by atomic mass is 9.88. The fraction of sp³-hybridized carbons (Fsp3) is 0.429. The Hall–Kier alpha value is -1.59. The van der Waals surface area contributed by atoms with Crippen LogP contribution in [0.1, 0.15) is 13.8 Å². The van der Waals surface area contributed by atoms with Gasteiger partial charge in [0, 0.05) is 17.9 Å². The van der Waals surface area contributed by atoms with Crippen molar-refractivity contribution in [1.29, 1.82) is 0 Å². The number of nitrogens with one attached hydrogen (secondary N) is 3. The quantitative estimate of drug-likeness (QED) is 0.796. The summed E-state index contributed by atoms with van der Waals surface area (Å²) in [5.41, 5.74) is 1.08. The Morgan fingerprint density at radius 3 is 2.55 bits per heavy atom. The van der Waals surface area contributed by atoms with Crippen molar-refractivity contribution in [3.05, 3.63) is 23.2 Å².